The van der Waals surface area contributed by atoms with Crippen LogP contribution in [0.2, 0.25) is 0 Å². The van der Waals surface area contributed by atoms with Gasteiger partial charge in [0.05, 0.1) is 24.5 Å². The predicted molar refractivity (Wildman–Crippen MR) is 97.6 cm³/mol. The molecule has 0 aliphatic carbocycles. The minimum Gasteiger partial charge on any atom is -0.492 e. The van der Waals surface area contributed by atoms with Gasteiger partial charge < -0.3 is 14.8 Å². The first-order valence-corrected chi connectivity index (χ1v) is 8.70. The molecule has 1 aliphatic rings. The van der Waals surface area contributed by atoms with Crippen molar-refractivity contribution in [2.75, 3.05) is 44.8 Å². The second kappa shape index (κ2) is 9.18. The first kappa shape index (κ1) is 18.2. The molecule has 1 fully saturated rings. The van der Waals surface area contributed by atoms with Gasteiger partial charge in [0.1, 0.15) is 24.2 Å². The van der Waals surface area contributed by atoms with Crippen molar-refractivity contribution in [3.63, 3.8) is 0 Å². The van der Waals surface area contributed by atoms with Crippen LogP contribution in [0.4, 0.5) is 10.1 Å². The van der Waals surface area contributed by atoms with Gasteiger partial charge in [0.25, 0.3) is 0 Å². The van der Waals surface area contributed by atoms with Crippen LogP contribution in [0.1, 0.15) is 11.1 Å². The molecule has 136 valence electrons. The van der Waals surface area contributed by atoms with Gasteiger partial charge in [-0.2, -0.15) is 5.26 Å². The van der Waals surface area contributed by atoms with Gasteiger partial charge >= 0.3 is 0 Å². The zero-order valence-electron chi connectivity index (χ0n) is 14.6. The molecule has 0 amide bonds. The number of nitriles is 1. The van der Waals surface area contributed by atoms with Crippen molar-refractivity contribution in [1.82, 2.24) is 4.90 Å². The summed E-state index contributed by atoms with van der Waals surface area (Å²) < 4.78 is 24.5. The number of hydrogen-bond acceptors (Lipinski definition) is 5. The second-order valence-corrected chi connectivity index (χ2v) is 6.07. The summed E-state index contributed by atoms with van der Waals surface area (Å²) in [6.07, 6.45) is 0. The molecule has 0 radical (unpaired) electrons. The van der Waals surface area contributed by atoms with Crippen LogP contribution in [0.3, 0.4) is 0 Å². The number of nitrogens with zero attached hydrogens (tertiary/aromatic N) is 2. The van der Waals surface area contributed by atoms with E-state index in [0.29, 0.717) is 18.8 Å². The van der Waals surface area contributed by atoms with Gasteiger partial charge in [0.2, 0.25) is 0 Å². The zero-order chi connectivity index (χ0) is 18.2. The minimum absolute atomic E-state index is 0.288. The Morgan fingerprint density at radius 2 is 2.00 bits per heavy atom. The van der Waals surface area contributed by atoms with Crippen LogP contribution >= 0.6 is 0 Å². The van der Waals surface area contributed by atoms with Gasteiger partial charge in [-0.1, -0.05) is 18.2 Å². The van der Waals surface area contributed by atoms with Crippen LogP contribution in [0.15, 0.2) is 42.5 Å². The fourth-order valence-corrected chi connectivity index (χ4v) is 2.85. The Labute approximate surface area is 152 Å². The standard InChI is InChI=1S/C20H22FN3O2/c21-18-5-6-19(17(13-18)14-22)23-15-16-3-1-2-4-20(16)26-12-9-24-7-10-25-11-8-24/h1-6,13,23H,7-12,15H2. The van der Waals surface area contributed by atoms with E-state index in [1.54, 1.807) is 6.07 Å². The summed E-state index contributed by atoms with van der Waals surface area (Å²) in [5, 5.41) is 12.3. The van der Waals surface area contributed by atoms with Gasteiger partial charge in [-0.25, -0.2) is 4.39 Å². The number of benzene rings is 2. The minimum atomic E-state index is -0.418. The molecule has 3 rings (SSSR count). The largest absolute Gasteiger partial charge is 0.492 e. The highest BCUT2D eigenvalue weighted by molar-refractivity contribution is 5.57. The Morgan fingerprint density at radius 1 is 1.19 bits per heavy atom. The molecule has 2 aromatic carbocycles. The van der Waals surface area contributed by atoms with Crippen molar-refractivity contribution >= 4 is 5.69 Å². The van der Waals surface area contributed by atoms with Crippen LogP contribution in [0, 0.1) is 17.1 Å². The molecule has 0 saturated carbocycles. The van der Waals surface area contributed by atoms with Crippen molar-refractivity contribution in [2.24, 2.45) is 0 Å². The summed E-state index contributed by atoms with van der Waals surface area (Å²) in [6.45, 7) is 5.40. The maximum atomic E-state index is 13.2. The molecule has 1 saturated heterocycles. The van der Waals surface area contributed by atoms with Crippen molar-refractivity contribution in [3.8, 4) is 11.8 Å². The maximum absolute atomic E-state index is 13.2. The summed E-state index contributed by atoms with van der Waals surface area (Å²) in [5.74, 6) is 0.396. The first-order chi connectivity index (χ1) is 12.8. The Kier molecular flexibility index (Phi) is 6.42. The number of ether oxygens (including phenoxy) is 2. The highest BCUT2D eigenvalue weighted by Crippen LogP contribution is 2.22. The van der Waals surface area contributed by atoms with Gasteiger partial charge in [-0.15, -0.1) is 0 Å². The van der Waals surface area contributed by atoms with Gasteiger partial charge in [-0.05, 0) is 24.3 Å². The fraction of sp³-hybridized carbons (Fsp3) is 0.350. The molecule has 2 aromatic rings. The molecule has 0 bridgehead atoms. The van der Waals surface area contributed by atoms with Crippen LogP contribution in [-0.2, 0) is 11.3 Å². The third-order valence-corrected chi connectivity index (χ3v) is 4.31. The van der Waals surface area contributed by atoms with Crippen molar-refractivity contribution in [2.45, 2.75) is 6.54 Å². The topological polar surface area (TPSA) is 57.5 Å². The normalized spacial score (nSPS) is 14.6. The van der Waals surface area contributed by atoms with E-state index in [4.69, 9.17) is 14.7 Å². The number of halogens is 1. The first-order valence-electron chi connectivity index (χ1n) is 8.70. The van der Waals surface area contributed by atoms with Crippen molar-refractivity contribution in [1.29, 1.82) is 5.26 Å². The molecule has 0 unspecified atom stereocenters. The quantitative estimate of drug-likeness (QED) is 0.827. The van der Waals surface area contributed by atoms with Crippen LogP contribution in [-0.4, -0.2) is 44.4 Å². The summed E-state index contributed by atoms with van der Waals surface area (Å²) in [5.41, 5.74) is 1.88. The number of rotatable bonds is 7. The Balaban J connectivity index is 1.58. The lowest BCUT2D eigenvalue weighted by Gasteiger charge is -2.26. The SMILES string of the molecule is N#Cc1cc(F)ccc1NCc1ccccc1OCCN1CCOCC1. The third kappa shape index (κ3) is 4.94. The van der Waals surface area contributed by atoms with Crippen molar-refractivity contribution < 1.29 is 13.9 Å². The second-order valence-electron chi connectivity index (χ2n) is 6.07. The van der Waals surface area contributed by atoms with Crippen LogP contribution in [0.25, 0.3) is 0 Å². The zero-order valence-corrected chi connectivity index (χ0v) is 14.6. The molecular weight excluding hydrogens is 333 g/mol. The highest BCUT2D eigenvalue weighted by atomic mass is 19.1. The molecule has 0 aromatic heterocycles. The summed E-state index contributed by atoms with van der Waals surface area (Å²) >= 11 is 0. The van der Waals surface area contributed by atoms with E-state index < -0.39 is 5.82 Å². The number of nitrogens with one attached hydrogen (secondary N) is 1. The van der Waals surface area contributed by atoms with E-state index in [0.717, 1.165) is 44.2 Å². The Bertz CT molecular complexity index is 770. The molecule has 26 heavy (non-hydrogen) atoms. The highest BCUT2D eigenvalue weighted by Gasteiger charge is 2.11. The lowest BCUT2D eigenvalue weighted by molar-refractivity contribution is 0.0322. The Morgan fingerprint density at radius 3 is 2.81 bits per heavy atom. The molecular formula is C20H22FN3O2. The van der Waals surface area contributed by atoms with E-state index in [1.165, 1.54) is 12.1 Å². The van der Waals surface area contributed by atoms with E-state index in [1.807, 2.05) is 30.3 Å². The molecule has 5 nitrogen and oxygen atoms in total. The number of morpholine rings is 1. The van der Waals surface area contributed by atoms with Gasteiger partial charge in [0, 0.05) is 31.7 Å². The predicted octanol–water partition coefficient (Wildman–Crippen LogP) is 3.02. The van der Waals surface area contributed by atoms with E-state index in [-0.39, 0.29) is 5.56 Å². The lowest BCUT2D eigenvalue weighted by Crippen LogP contribution is -2.38. The molecule has 0 atom stereocenters. The van der Waals surface area contributed by atoms with Crippen LogP contribution in [0.5, 0.6) is 5.75 Å². The van der Waals surface area contributed by atoms with Gasteiger partial charge in [-0.3, -0.25) is 4.90 Å². The fourth-order valence-electron chi connectivity index (χ4n) is 2.85. The molecule has 1 heterocycles. The number of para-hydroxylation sites is 1. The maximum Gasteiger partial charge on any atom is 0.124 e. The number of hydrogen-bond donors (Lipinski definition) is 1. The monoisotopic (exact) mass is 355 g/mol. The van der Waals surface area contributed by atoms with E-state index in [9.17, 15) is 4.39 Å². The molecule has 0 spiro atoms. The molecule has 1 aliphatic heterocycles. The van der Waals surface area contributed by atoms with Crippen molar-refractivity contribution in [3.05, 3.63) is 59.4 Å². The third-order valence-electron chi connectivity index (χ3n) is 4.31. The number of anilines is 1. The van der Waals surface area contributed by atoms with E-state index >= 15 is 0 Å². The summed E-state index contributed by atoms with van der Waals surface area (Å²) in [7, 11) is 0. The van der Waals surface area contributed by atoms with Crippen LogP contribution < -0.4 is 10.1 Å². The van der Waals surface area contributed by atoms with Gasteiger partial charge in [0.15, 0.2) is 0 Å². The summed E-state index contributed by atoms with van der Waals surface area (Å²) in [6, 6.07) is 14.0. The summed E-state index contributed by atoms with van der Waals surface area (Å²) in [4.78, 5) is 2.32. The molecule has 6 heteroatoms. The lowest BCUT2D eigenvalue weighted by atomic mass is 10.1. The Hall–Kier alpha value is -2.62. The average Bonchev–Trinajstić information content (AvgIpc) is 2.68. The molecule has 1 N–H and O–H groups in total. The average molecular weight is 355 g/mol. The van der Waals surface area contributed by atoms with E-state index in [2.05, 4.69) is 10.2 Å². The smallest absolute Gasteiger partial charge is 0.124 e.